The summed E-state index contributed by atoms with van der Waals surface area (Å²) in [5, 5.41) is 0.763. The van der Waals surface area contributed by atoms with Gasteiger partial charge in [0, 0.05) is 18.2 Å². The molecule has 0 amide bonds. The third-order valence-corrected chi connectivity index (χ3v) is 2.01. The van der Waals surface area contributed by atoms with Crippen molar-refractivity contribution in [1.29, 1.82) is 0 Å². The fraction of sp³-hybridized carbons (Fsp3) is 0.300. The van der Waals surface area contributed by atoms with E-state index in [0.717, 1.165) is 10.9 Å². The third-order valence-electron chi connectivity index (χ3n) is 1.62. The highest BCUT2D eigenvalue weighted by molar-refractivity contribution is 9.09. The Hall–Kier alpha value is -0.630. The monoisotopic (exact) mass is 226 g/mol. The lowest BCUT2D eigenvalue weighted by Crippen LogP contribution is -2.02. The molecule has 0 saturated carbocycles. The number of carbonyl (C=O) groups is 1. The number of alkyl halides is 1. The molecule has 1 aromatic carbocycles. The maximum absolute atomic E-state index is 11.2. The number of benzene rings is 1. The van der Waals surface area contributed by atoms with Crippen molar-refractivity contribution < 1.29 is 4.79 Å². The number of ketones is 1. The molecule has 0 unspecified atom stereocenters. The first-order chi connectivity index (χ1) is 5.83. The molecule has 0 heterocycles. The van der Waals surface area contributed by atoms with Gasteiger partial charge in [-0.1, -0.05) is 46.3 Å². The van der Waals surface area contributed by atoms with E-state index >= 15 is 0 Å². The van der Waals surface area contributed by atoms with Crippen molar-refractivity contribution >= 4 is 21.7 Å². The quantitative estimate of drug-likeness (QED) is 0.722. The standard InChI is InChI=1S/C10H11BrO/c11-7-6-10(12)8-9-4-2-1-3-5-9/h1-5H,6-8H2. The van der Waals surface area contributed by atoms with Crippen molar-refractivity contribution in [3.05, 3.63) is 35.9 Å². The van der Waals surface area contributed by atoms with Crippen LogP contribution in [0, 0.1) is 0 Å². The van der Waals surface area contributed by atoms with E-state index in [1.54, 1.807) is 0 Å². The molecule has 64 valence electrons. The van der Waals surface area contributed by atoms with E-state index in [2.05, 4.69) is 15.9 Å². The van der Waals surface area contributed by atoms with E-state index in [-0.39, 0.29) is 5.78 Å². The molecule has 0 aliphatic carbocycles. The predicted molar refractivity (Wildman–Crippen MR) is 53.6 cm³/mol. The lowest BCUT2D eigenvalue weighted by Gasteiger charge is -1.97. The first kappa shape index (κ1) is 9.46. The largest absolute Gasteiger partial charge is 0.299 e. The van der Waals surface area contributed by atoms with E-state index in [9.17, 15) is 4.79 Å². The second-order valence-electron chi connectivity index (χ2n) is 2.64. The van der Waals surface area contributed by atoms with Crippen LogP contribution in [0.3, 0.4) is 0 Å². The average Bonchev–Trinajstić information content (AvgIpc) is 2.06. The second-order valence-corrected chi connectivity index (χ2v) is 3.43. The molecule has 0 N–H and O–H groups in total. The number of carbonyl (C=O) groups excluding carboxylic acids is 1. The number of hydrogen-bond donors (Lipinski definition) is 0. The molecule has 0 spiro atoms. The van der Waals surface area contributed by atoms with Crippen molar-refractivity contribution in [2.75, 3.05) is 5.33 Å². The topological polar surface area (TPSA) is 17.1 Å². The molecule has 0 bridgehead atoms. The summed E-state index contributed by atoms with van der Waals surface area (Å²) in [6.07, 6.45) is 1.18. The number of halogens is 1. The normalized spacial score (nSPS) is 9.75. The van der Waals surface area contributed by atoms with Crippen molar-refractivity contribution in [1.82, 2.24) is 0 Å². The zero-order valence-electron chi connectivity index (χ0n) is 6.79. The van der Waals surface area contributed by atoms with Crippen LogP contribution in [0.5, 0.6) is 0 Å². The molecule has 1 rings (SSSR count). The Morgan fingerprint density at radius 1 is 1.25 bits per heavy atom. The van der Waals surface area contributed by atoms with Gasteiger partial charge in [0.25, 0.3) is 0 Å². The molecular weight excluding hydrogens is 216 g/mol. The summed E-state index contributed by atoms with van der Waals surface area (Å²) in [6, 6.07) is 9.82. The van der Waals surface area contributed by atoms with E-state index < -0.39 is 0 Å². The Bertz CT molecular complexity index is 243. The summed E-state index contributed by atoms with van der Waals surface area (Å²) in [7, 11) is 0. The zero-order chi connectivity index (χ0) is 8.81. The van der Waals surface area contributed by atoms with Gasteiger partial charge in [-0.15, -0.1) is 0 Å². The van der Waals surface area contributed by atoms with Gasteiger partial charge in [-0.05, 0) is 5.56 Å². The average molecular weight is 227 g/mol. The molecule has 0 atom stereocenters. The highest BCUT2D eigenvalue weighted by Gasteiger charge is 2.00. The van der Waals surface area contributed by atoms with Crippen molar-refractivity contribution in [2.24, 2.45) is 0 Å². The fourth-order valence-corrected chi connectivity index (χ4v) is 1.46. The van der Waals surface area contributed by atoms with Gasteiger partial charge in [-0.25, -0.2) is 0 Å². The Morgan fingerprint density at radius 3 is 2.50 bits per heavy atom. The van der Waals surface area contributed by atoms with E-state index in [4.69, 9.17) is 0 Å². The smallest absolute Gasteiger partial charge is 0.138 e. The van der Waals surface area contributed by atoms with Crippen LogP contribution in [0.15, 0.2) is 30.3 Å². The molecule has 12 heavy (non-hydrogen) atoms. The Kier molecular flexibility index (Phi) is 4.01. The molecule has 1 nitrogen and oxygen atoms in total. The Morgan fingerprint density at radius 2 is 1.92 bits per heavy atom. The third kappa shape index (κ3) is 3.18. The van der Waals surface area contributed by atoms with Gasteiger partial charge in [0.2, 0.25) is 0 Å². The molecule has 2 heteroatoms. The van der Waals surface area contributed by atoms with Crippen LogP contribution in [-0.2, 0) is 11.2 Å². The molecule has 0 aliphatic heterocycles. The molecule has 0 saturated heterocycles. The summed E-state index contributed by atoms with van der Waals surface area (Å²) in [5.74, 6) is 0.290. The summed E-state index contributed by atoms with van der Waals surface area (Å²) >= 11 is 3.24. The lowest BCUT2D eigenvalue weighted by molar-refractivity contribution is -0.118. The molecule has 0 fully saturated rings. The van der Waals surface area contributed by atoms with Crippen LogP contribution in [0.4, 0.5) is 0 Å². The van der Waals surface area contributed by atoms with Gasteiger partial charge in [-0.2, -0.15) is 0 Å². The number of hydrogen-bond acceptors (Lipinski definition) is 1. The fourth-order valence-electron chi connectivity index (χ4n) is 1.02. The van der Waals surface area contributed by atoms with E-state index in [0.29, 0.717) is 12.8 Å². The molecule has 0 aromatic heterocycles. The van der Waals surface area contributed by atoms with Gasteiger partial charge < -0.3 is 0 Å². The van der Waals surface area contributed by atoms with Crippen molar-refractivity contribution in [3.63, 3.8) is 0 Å². The first-order valence-electron chi connectivity index (χ1n) is 3.94. The van der Waals surface area contributed by atoms with Crippen LogP contribution in [-0.4, -0.2) is 11.1 Å². The predicted octanol–water partition coefficient (Wildman–Crippen LogP) is 2.58. The van der Waals surface area contributed by atoms with Crippen molar-refractivity contribution in [3.8, 4) is 0 Å². The van der Waals surface area contributed by atoms with Crippen LogP contribution >= 0.6 is 15.9 Å². The van der Waals surface area contributed by atoms with Crippen LogP contribution in [0.2, 0.25) is 0 Å². The van der Waals surface area contributed by atoms with Gasteiger partial charge >= 0.3 is 0 Å². The molecule has 0 aliphatic rings. The van der Waals surface area contributed by atoms with E-state index in [1.165, 1.54) is 0 Å². The summed E-state index contributed by atoms with van der Waals surface area (Å²) in [4.78, 5) is 11.2. The van der Waals surface area contributed by atoms with Gasteiger partial charge in [0.15, 0.2) is 0 Å². The van der Waals surface area contributed by atoms with Crippen LogP contribution in [0.25, 0.3) is 0 Å². The zero-order valence-corrected chi connectivity index (χ0v) is 8.38. The van der Waals surface area contributed by atoms with E-state index in [1.807, 2.05) is 30.3 Å². The van der Waals surface area contributed by atoms with Crippen LogP contribution < -0.4 is 0 Å². The first-order valence-corrected chi connectivity index (χ1v) is 5.06. The minimum Gasteiger partial charge on any atom is -0.299 e. The number of rotatable bonds is 4. The SMILES string of the molecule is O=C(CCBr)Cc1ccccc1. The minimum atomic E-state index is 0.290. The molecule has 1 aromatic rings. The summed E-state index contributed by atoms with van der Waals surface area (Å²) in [6.45, 7) is 0. The second kappa shape index (κ2) is 5.09. The van der Waals surface area contributed by atoms with Gasteiger partial charge in [0.1, 0.15) is 5.78 Å². The maximum atomic E-state index is 11.2. The van der Waals surface area contributed by atoms with Gasteiger partial charge in [0.05, 0.1) is 0 Å². The van der Waals surface area contributed by atoms with Gasteiger partial charge in [-0.3, -0.25) is 4.79 Å². The summed E-state index contributed by atoms with van der Waals surface area (Å²) < 4.78 is 0. The number of Topliss-reactive ketones (excluding diaryl/α,β-unsaturated/α-hetero) is 1. The van der Waals surface area contributed by atoms with Crippen molar-refractivity contribution in [2.45, 2.75) is 12.8 Å². The maximum Gasteiger partial charge on any atom is 0.138 e. The highest BCUT2D eigenvalue weighted by atomic mass is 79.9. The highest BCUT2D eigenvalue weighted by Crippen LogP contribution is 2.02. The summed E-state index contributed by atoms with van der Waals surface area (Å²) in [5.41, 5.74) is 1.10. The van der Waals surface area contributed by atoms with Crippen LogP contribution in [0.1, 0.15) is 12.0 Å². The Balaban J connectivity index is 2.47. The lowest BCUT2D eigenvalue weighted by atomic mass is 10.1. The molecule has 0 radical (unpaired) electrons. The Labute approximate surface area is 80.9 Å². The minimum absolute atomic E-state index is 0.290. The molecular formula is C10H11BrO.